The van der Waals surface area contributed by atoms with Crippen molar-refractivity contribution in [2.75, 3.05) is 0 Å². The highest BCUT2D eigenvalue weighted by Gasteiger charge is 2.34. The zero-order valence-electron chi connectivity index (χ0n) is 23.4. The second-order valence-electron chi connectivity index (χ2n) is 10.1. The summed E-state index contributed by atoms with van der Waals surface area (Å²) in [5, 5.41) is -0.690. The largest absolute Gasteiger partial charge is 0.429 e. The lowest BCUT2D eigenvalue weighted by Gasteiger charge is -2.19. The zero-order valence-corrected chi connectivity index (χ0v) is 24.1. The van der Waals surface area contributed by atoms with Gasteiger partial charge in [-0.25, -0.2) is 17.6 Å². The first kappa shape index (κ1) is 31.0. The van der Waals surface area contributed by atoms with Crippen LogP contribution in [0.5, 0.6) is 5.75 Å². The van der Waals surface area contributed by atoms with Crippen molar-refractivity contribution in [2.24, 2.45) is 0 Å². The molecule has 224 valence electrons. The Labute approximate surface area is 256 Å². The van der Waals surface area contributed by atoms with Gasteiger partial charge in [-0.3, -0.25) is 0 Å². The third kappa shape index (κ3) is 6.84. The highest BCUT2D eigenvalue weighted by Crippen LogP contribution is 2.35. The Hall–Kier alpha value is -4.49. The standard InChI is InChI=1S/C36H25ClF6O/c1-2-3-4-5-22-6-12-27(13-7-22)36(42,43)44-28-14-8-23(9-15-28)24-10-16-29(31(38)18-24)25-11-17-30(32(39)19-25)26-20-33(40)35(37)34(41)21-26/h2-3,6-21H,4-5H2,1H3. The van der Waals surface area contributed by atoms with Crippen LogP contribution in [0.1, 0.15) is 24.5 Å². The summed E-state index contributed by atoms with van der Waals surface area (Å²) in [4.78, 5) is 0. The fraction of sp³-hybridized carbons (Fsp3) is 0.111. The zero-order chi connectivity index (χ0) is 31.4. The van der Waals surface area contributed by atoms with Gasteiger partial charge in [-0.15, -0.1) is 0 Å². The summed E-state index contributed by atoms with van der Waals surface area (Å²) in [5.74, 6) is -3.58. The molecule has 0 aromatic heterocycles. The summed E-state index contributed by atoms with van der Waals surface area (Å²) >= 11 is 5.51. The van der Waals surface area contributed by atoms with Crippen molar-refractivity contribution in [1.82, 2.24) is 0 Å². The van der Waals surface area contributed by atoms with Crippen LogP contribution >= 0.6 is 11.6 Å². The molecule has 0 spiro atoms. The summed E-state index contributed by atoms with van der Waals surface area (Å²) < 4.78 is 92.4. The first-order valence-corrected chi connectivity index (χ1v) is 14.1. The van der Waals surface area contributed by atoms with Gasteiger partial charge in [-0.05, 0) is 96.1 Å². The Morgan fingerprint density at radius 1 is 0.636 bits per heavy atom. The molecule has 0 amide bonds. The quantitative estimate of drug-likeness (QED) is 0.0902. The van der Waals surface area contributed by atoms with E-state index < -0.39 is 34.4 Å². The third-order valence-corrected chi connectivity index (χ3v) is 7.46. The predicted molar refractivity (Wildman–Crippen MR) is 162 cm³/mol. The topological polar surface area (TPSA) is 9.23 Å². The third-order valence-electron chi connectivity index (χ3n) is 7.10. The number of allylic oxidation sites excluding steroid dienone is 2. The lowest BCUT2D eigenvalue weighted by molar-refractivity contribution is -0.185. The molecule has 0 saturated heterocycles. The Morgan fingerprint density at radius 3 is 1.75 bits per heavy atom. The Morgan fingerprint density at radius 2 is 1.16 bits per heavy atom. The average molecular weight is 623 g/mol. The molecule has 0 saturated carbocycles. The first-order valence-electron chi connectivity index (χ1n) is 13.7. The summed E-state index contributed by atoms with van der Waals surface area (Å²) in [5.41, 5.74) is 1.85. The molecule has 0 fully saturated rings. The fourth-order valence-electron chi connectivity index (χ4n) is 4.76. The molecule has 1 nitrogen and oxygen atoms in total. The molecule has 5 aromatic carbocycles. The molecule has 0 radical (unpaired) electrons. The number of hydrogen-bond donors (Lipinski definition) is 0. The maximum atomic E-state index is 15.2. The summed E-state index contributed by atoms with van der Waals surface area (Å²) in [6.07, 6.45) is 1.97. The fourth-order valence-corrected chi connectivity index (χ4v) is 4.87. The normalized spacial score (nSPS) is 11.7. The number of hydrogen-bond acceptors (Lipinski definition) is 1. The highest BCUT2D eigenvalue weighted by molar-refractivity contribution is 6.31. The van der Waals surface area contributed by atoms with E-state index in [1.807, 2.05) is 19.1 Å². The Bertz CT molecular complexity index is 1790. The molecule has 0 bridgehead atoms. The molecule has 0 aliphatic carbocycles. The van der Waals surface area contributed by atoms with Crippen LogP contribution < -0.4 is 4.74 Å². The number of halogens is 7. The van der Waals surface area contributed by atoms with E-state index >= 15 is 4.39 Å². The SMILES string of the molecule is CC=CCCc1ccc(C(F)(F)Oc2ccc(-c3ccc(-c4ccc(-c5cc(F)c(Cl)c(F)c5)c(F)c4)c(F)c3)cc2)cc1. The van der Waals surface area contributed by atoms with Crippen LogP contribution in [0, 0.1) is 23.3 Å². The van der Waals surface area contributed by atoms with E-state index in [1.54, 1.807) is 18.2 Å². The first-order chi connectivity index (χ1) is 21.1. The van der Waals surface area contributed by atoms with Gasteiger partial charge in [0, 0.05) is 11.1 Å². The molecule has 0 atom stereocenters. The van der Waals surface area contributed by atoms with Crippen molar-refractivity contribution >= 4 is 11.6 Å². The molecule has 0 aliphatic rings. The summed E-state index contributed by atoms with van der Waals surface area (Å²) in [6, 6.07) is 21.8. The molecule has 0 heterocycles. The van der Waals surface area contributed by atoms with Crippen molar-refractivity contribution in [2.45, 2.75) is 25.9 Å². The number of ether oxygens (including phenoxy) is 1. The van der Waals surface area contributed by atoms with Crippen molar-refractivity contribution < 1.29 is 31.1 Å². The van der Waals surface area contributed by atoms with Gasteiger partial charge in [0.2, 0.25) is 0 Å². The summed E-state index contributed by atoms with van der Waals surface area (Å²) in [7, 11) is 0. The monoisotopic (exact) mass is 622 g/mol. The minimum atomic E-state index is -3.56. The van der Waals surface area contributed by atoms with Crippen LogP contribution in [0.4, 0.5) is 26.3 Å². The van der Waals surface area contributed by atoms with Crippen LogP contribution in [0.2, 0.25) is 5.02 Å². The van der Waals surface area contributed by atoms with E-state index in [-0.39, 0.29) is 33.6 Å². The molecule has 5 rings (SSSR count). The van der Waals surface area contributed by atoms with E-state index in [2.05, 4.69) is 0 Å². The Kier molecular flexibility index (Phi) is 9.16. The molecule has 0 unspecified atom stereocenters. The van der Waals surface area contributed by atoms with Gasteiger partial charge in [-0.1, -0.05) is 72.3 Å². The minimum Gasteiger partial charge on any atom is -0.429 e. The highest BCUT2D eigenvalue weighted by atomic mass is 35.5. The maximum absolute atomic E-state index is 15.2. The van der Waals surface area contributed by atoms with Crippen LogP contribution in [-0.2, 0) is 12.5 Å². The molecule has 44 heavy (non-hydrogen) atoms. The second kappa shape index (κ2) is 13.0. The maximum Gasteiger partial charge on any atom is 0.426 e. The van der Waals surface area contributed by atoms with E-state index in [0.717, 1.165) is 36.6 Å². The predicted octanol–water partition coefficient (Wildman–Crippen LogP) is 11.5. The lowest BCUT2D eigenvalue weighted by atomic mass is 9.97. The van der Waals surface area contributed by atoms with E-state index in [0.29, 0.717) is 11.1 Å². The van der Waals surface area contributed by atoms with Gasteiger partial charge in [-0.2, -0.15) is 8.78 Å². The van der Waals surface area contributed by atoms with Gasteiger partial charge >= 0.3 is 6.11 Å². The van der Waals surface area contributed by atoms with Gasteiger partial charge < -0.3 is 4.74 Å². The molecular formula is C36H25ClF6O. The molecule has 0 N–H and O–H groups in total. The summed E-state index contributed by atoms with van der Waals surface area (Å²) in [6.45, 7) is 1.92. The van der Waals surface area contributed by atoms with Crippen LogP contribution in [0.3, 0.4) is 0 Å². The van der Waals surface area contributed by atoms with Gasteiger partial charge in [0.15, 0.2) is 0 Å². The van der Waals surface area contributed by atoms with Crippen LogP contribution in [0.25, 0.3) is 33.4 Å². The van der Waals surface area contributed by atoms with Gasteiger partial charge in [0.25, 0.3) is 0 Å². The smallest absolute Gasteiger partial charge is 0.426 e. The van der Waals surface area contributed by atoms with E-state index in [9.17, 15) is 22.0 Å². The number of alkyl halides is 2. The van der Waals surface area contributed by atoms with Crippen molar-refractivity contribution in [3.05, 3.63) is 149 Å². The van der Waals surface area contributed by atoms with Gasteiger partial charge in [0.05, 0.1) is 5.56 Å². The van der Waals surface area contributed by atoms with E-state index in [1.165, 1.54) is 60.7 Å². The van der Waals surface area contributed by atoms with Crippen LogP contribution in [0.15, 0.2) is 109 Å². The molecule has 5 aromatic rings. The van der Waals surface area contributed by atoms with Crippen molar-refractivity contribution in [3.63, 3.8) is 0 Å². The number of aryl methyl sites for hydroxylation is 1. The number of rotatable bonds is 9. The minimum absolute atomic E-state index is 0.0527. The molecule has 0 aliphatic heterocycles. The van der Waals surface area contributed by atoms with Crippen LogP contribution in [-0.4, -0.2) is 0 Å². The molecule has 8 heteroatoms. The van der Waals surface area contributed by atoms with Crippen molar-refractivity contribution in [3.8, 4) is 39.1 Å². The second-order valence-corrected chi connectivity index (χ2v) is 10.5. The van der Waals surface area contributed by atoms with Crippen molar-refractivity contribution in [1.29, 1.82) is 0 Å². The average Bonchev–Trinajstić information content (AvgIpc) is 3.00. The lowest BCUT2D eigenvalue weighted by Crippen LogP contribution is -2.21. The van der Waals surface area contributed by atoms with Gasteiger partial charge in [0.1, 0.15) is 34.0 Å². The molecular weight excluding hydrogens is 598 g/mol. The number of benzene rings is 5. The van der Waals surface area contributed by atoms with E-state index in [4.69, 9.17) is 16.3 Å². The Balaban J connectivity index is 1.30.